The molecule has 2 N–H and O–H groups in total. The lowest BCUT2D eigenvalue weighted by Crippen LogP contribution is -1.96. The van der Waals surface area contributed by atoms with Crippen LogP contribution in [0.5, 0.6) is 34.5 Å². The Morgan fingerprint density at radius 1 is 0.690 bits per heavy atom. The van der Waals surface area contributed by atoms with E-state index < -0.39 is 0 Å². The first-order valence-electron chi connectivity index (χ1n) is 8.93. The van der Waals surface area contributed by atoms with Gasteiger partial charge in [0.1, 0.15) is 34.5 Å². The van der Waals surface area contributed by atoms with Gasteiger partial charge in [0.15, 0.2) is 0 Å². The van der Waals surface area contributed by atoms with Crippen molar-refractivity contribution < 1.29 is 29.2 Å². The van der Waals surface area contributed by atoms with E-state index in [1.165, 1.54) is 40.6 Å². The number of benzene rings is 2. The molecule has 0 bridgehead atoms. The summed E-state index contributed by atoms with van der Waals surface area (Å²) < 4.78 is 20.7. The van der Waals surface area contributed by atoms with Gasteiger partial charge >= 0.3 is 0 Å². The molecule has 0 spiro atoms. The van der Waals surface area contributed by atoms with Crippen LogP contribution < -0.4 is 18.9 Å². The average Bonchev–Trinajstić information content (AvgIpc) is 2.73. The van der Waals surface area contributed by atoms with E-state index >= 15 is 0 Å². The van der Waals surface area contributed by atoms with Crippen LogP contribution in [0, 0.1) is 0 Å². The van der Waals surface area contributed by atoms with Crippen LogP contribution in [0.15, 0.2) is 34.3 Å². The van der Waals surface area contributed by atoms with E-state index in [-0.39, 0.29) is 11.5 Å². The van der Waals surface area contributed by atoms with Gasteiger partial charge in [0.05, 0.1) is 39.6 Å². The van der Waals surface area contributed by atoms with Crippen LogP contribution >= 0.6 is 0 Å². The Morgan fingerprint density at radius 3 is 1.45 bits per heavy atom. The monoisotopic (exact) mass is 402 g/mol. The van der Waals surface area contributed by atoms with Gasteiger partial charge in [-0.25, -0.2) is 0 Å². The fourth-order valence-corrected chi connectivity index (χ4v) is 2.57. The van der Waals surface area contributed by atoms with Crippen LogP contribution in [0.3, 0.4) is 0 Å². The molecule has 0 aliphatic heterocycles. The van der Waals surface area contributed by atoms with Crippen LogP contribution in [0.25, 0.3) is 0 Å². The predicted octanol–water partition coefficient (Wildman–Crippen LogP) is 3.06. The Labute approximate surface area is 170 Å². The summed E-state index contributed by atoms with van der Waals surface area (Å²) in [6.07, 6.45) is 3.82. The summed E-state index contributed by atoms with van der Waals surface area (Å²) in [7, 11) is 6.07. The maximum atomic E-state index is 10.1. The van der Waals surface area contributed by atoms with E-state index in [0.717, 1.165) is 0 Å². The number of nitrogens with zero attached hydrogens (tertiary/aromatic N) is 2. The van der Waals surface area contributed by atoms with Gasteiger partial charge in [0, 0.05) is 49.8 Å². The van der Waals surface area contributed by atoms with Crippen molar-refractivity contribution in [2.45, 2.75) is 6.42 Å². The highest BCUT2D eigenvalue weighted by Gasteiger charge is 2.10. The minimum atomic E-state index is 0.0325. The molecule has 8 heteroatoms. The Morgan fingerprint density at radius 2 is 1.10 bits per heavy atom. The lowest BCUT2D eigenvalue weighted by atomic mass is 10.2. The van der Waals surface area contributed by atoms with E-state index in [1.54, 1.807) is 24.6 Å². The van der Waals surface area contributed by atoms with Crippen LogP contribution in [-0.4, -0.2) is 64.2 Å². The van der Waals surface area contributed by atoms with E-state index in [4.69, 9.17) is 18.9 Å². The van der Waals surface area contributed by atoms with E-state index in [2.05, 4.69) is 9.98 Å². The predicted molar refractivity (Wildman–Crippen MR) is 112 cm³/mol. The molecule has 0 saturated heterocycles. The second kappa shape index (κ2) is 10.8. The van der Waals surface area contributed by atoms with Gasteiger partial charge in [-0.1, -0.05) is 0 Å². The number of aliphatic imine (C=N–C) groups is 2. The molecule has 2 aromatic carbocycles. The van der Waals surface area contributed by atoms with Crippen LogP contribution in [0.1, 0.15) is 17.5 Å². The van der Waals surface area contributed by atoms with E-state index in [9.17, 15) is 10.2 Å². The number of phenolic OH excluding ortho intramolecular Hbond substituents is 2. The van der Waals surface area contributed by atoms with Crippen molar-refractivity contribution in [3.8, 4) is 34.5 Å². The number of ether oxygens (including phenoxy) is 4. The Balaban J connectivity index is 1.94. The summed E-state index contributed by atoms with van der Waals surface area (Å²) >= 11 is 0. The molecule has 0 aromatic heterocycles. The first kappa shape index (κ1) is 21.9. The lowest BCUT2D eigenvalue weighted by Gasteiger charge is -2.09. The molecule has 0 heterocycles. The summed E-state index contributed by atoms with van der Waals surface area (Å²) in [4.78, 5) is 8.63. The Kier molecular flexibility index (Phi) is 8.14. The minimum absolute atomic E-state index is 0.0325. The third-order valence-electron chi connectivity index (χ3n) is 4.11. The molecule has 0 atom stereocenters. The lowest BCUT2D eigenvalue weighted by molar-refractivity contribution is 0.384. The van der Waals surface area contributed by atoms with Crippen LogP contribution in [0.4, 0.5) is 0 Å². The molecule has 29 heavy (non-hydrogen) atoms. The summed E-state index contributed by atoms with van der Waals surface area (Å²) in [6, 6.07) is 6.37. The molecule has 0 unspecified atom stereocenters. The first-order valence-corrected chi connectivity index (χ1v) is 8.93. The molecule has 156 valence electrons. The summed E-state index contributed by atoms with van der Waals surface area (Å²) in [5.41, 5.74) is 0.981. The zero-order valence-electron chi connectivity index (χ0n) is 17.0. The van der Waals surface area contributed by atoms with Crippen molar-refractivity contribution in [1.29, 1.82) is 0 Å². The molecule has 0 aliphatic carbocycles. The topological polar surface area (TPSA) is 102 Å². The van der Waals surface area contributed by atoms with Gasteiger partial charge in [0.25, 0.3) is 0 Å². The highest BCUT2D eigenvalue weighted by atomic mass is 16.5. The van der Waals surface area contributed by atoms with E-state index in [0.29, 0.717) is 53.6 Å². The molecule has 0 amide bonds. The quantitative estimate of drug-likeness (QED) is 0.468. The molecule has 8 nitrogen and oxygen atoms in total. The van der Waals surface area contributed by atoms with Crippen molar-refractivity contribution in [3.63, 3.8) is 0 Å². The molecule has 0 saturated carbocycles. The maximum Gasteiger partial charge on any atom is 0.135 e. The second-order valence-corrected chi connectivity index (χ2v) is 5.95. The van der Waals surface area contributed by atoms with E-state index in [1.807, 2.05) is 0 Å². The molecular weight excluding hydrogens is 376 g/mol. The highest BCUT2D eigenvalue weighted by Crippen LogP contribution is 2.32. The van der Waals surface area contributed by atoms with Gasteiger partial charge in [0.2, 0.25) is 0 Å². The zero-order chi connectivity index (χ0) is 21.2. The highest BCUT2D eigenvalue weighted by molar-refractivity contribution is 5.88. The number of hydrogen-bond acceptors (Lipinski definition) is 8. The van der Waals surface area contributed by atoms with Gasteiger partial charge in [-0.15, -0.1) is 0 Å². The van der Waals surface area contributed by atoms with Crippen molar-refractivity contribution in [1.82, 2.24) is 0 Å². The van der Waals surface area contributed by atoms with Crippen molar-refractivity contribution in [2.24, 2.45) is 9.98 Å². The maximum absolute atomic E-state index is 10.1. The molecule has 0 aliphatic rings. The molecular formula is C21H26N2O6. The summed E-state index contributed by atoms with van der Waals surface area (Å²) in [5.74, 6) is 2.03. The molecule has 0 fully saturated rings. The SMILES string of the molecule is COc1cc(O)c(C=NCCCN=Cc2c(O)cc(OC)cc2OC)c(OC)c1. The Hall–Kier alpha value is -3.42. The van der Waals surface area contributed by atoms with Crippen molar-refractivity contribution in [2.75, 3.05) is 41.5 Å². The van der Waals surface area contributed by atoms with Gasteiger partial charge in [-0.3, -0.25) is 9.98 Å². The second-order valence-electron chi connectivity index (χ2n) is 5.95. The standard InChI is InChI=1S/C21H26N2O6/c1-26-14-8-18(24)16(20(10-14)28-3)12-22-6-5-7-23-13-17-19(25)9-15(27-2)11-21(17)29-4/h8-13,24-25H,5-7H2,1-4H3. The number of phenols is 2. The first-order chi connectivity index (χ1) is 14.0. The van der Waals surface area contributed by atoms with Gasteiger partial charge in [-0.2, -0.15) is 0 Å². The van der Waals surface area contributed by atoms with Crippen LogP contribution in [-0.2, 0) is 0 Å². The Bertz CT molecular complexity index is 808. The third-order valence-corrected chi connectivity index (χ3v) is 4.11. The van der Waals surface area contributed by atoms with Gasteiger partial charge < -0.3 is 29.2 Å². The average molecular weight is 402 g/mol. The normalized spacial score (nSPS) is 11.2. The van der Waals surface area contributed by atoms with Crippen molar-refractivity contribution >= 4 is 12.4 Å². The number of aromatic hydroxyl groups is 2. The minimum Gasteiger partial charge on any atom is -0.507 e. The number of hydrogen-bond donors (Lipinski definition) is 2. The summed E-state index contributed by atoms with van der Waals surface area (Å²) in [5, 5.41) is 20.2. The molecule has 0 radical (unpaired) electrons. The largest absolute Gasteiger partial charge is 0.507 e. The van der Waals surface area contributed by atoms with Crippen molar-refractivity contribution in [3.05, 3.63) is 35.4 Å². The molecule has 2 aromatic rings. The summed E-state index contributed by atoms with van der Waals surface area (Å²) in [6.45, 7) is 1.02. The molecule has 2 rings (SSSR count). The third kappa shape index (κ3) is 5.78. The fraction of sp³-hybridized carbons (Fsp3) is 0.333. The zero-order valence-corrected chi connectivity index (χ0v) is 17.0. The smallest absolute Gasteiger partial charge is 0.135 e. The fourth-order valence-electron chi connectivity index (χ4n) is 2.57. The number of methoxy groups -OCH3 is 4. The number of rotatable bonds is 10. The van der Waals surface area contributed by atoms with Gasteiger partial charge in [-0.05, 0) is 6.42 Å². The van der Waals surface area contributed by atoms with Crippen LogP contribution in [0.2, 0.25) is 0 Å².